The summed E-state index contributed by atoms with van der Waals surface area (Å²) in [5.74, 6) is -0.0107. The van der Waals surface area contributed by atoms with Gasteiger partial charge in [0, 0.05) is 11.3 Å². The molecule has 32 heavy (non-hydrogen) atoms. The second-order valence-electron chi connectivity index (χ2n) is 6.72. The number of amides is 1. The van der Waals surface area contributed by atoms with E-state index in [0.717, 1.165) is 22.0 Å². The summed E-state index contributed by atoms with van der Waals surface area (Å²) in [6.45, 7) is 1.79. The number of hydrogen-bond donors (Lipinski definition) is 1. The Bertz CT molecular complexity index is 1280. The number of sulfonamides is 1. The number of rotatable bonds is 9. The number of fused-ring (bicyclic) bond motifs is 1. The maximum atomic E-state index is 12.5. The van der Waals surface area contributed by atoms with Gasteiger partial charge in [-0.05, 0) is 49.4 Å². The van der Waals surface area contributed by atoms with Crippen LogP contribution in [0.15, 0.2) is 63.3 Å². The van der Waals surface area contributed by atoms with Gasteiger partial charge in [0.2, 0.25) is 15.9 Å². The van der Waals surface area contributed by atoms with Crippen molar-refractivity contribution >= 4 is 55.2 Å². The summed E-state index contributed by atoms with van der Waals surface area (Å²) in [4.78, 5) is 30.1. The molecule has 3 aromatic rings. The number of thioether (sulfide) groups is 1. The van der Waals surface area contributed by atoms with Gasteiger partial charge >= 0.3 is 5.97 Å². The lowest BCUT2D eigenvalue weighted by Crippen LogP contribution is -2.23. The van der Waals surface area contributed by atoms with Gasteiger partial charge in [-0.3, -0.25) is 9.59 Å². The first-order chi connectivity index (χ1) is 15.3. The van der Waals surface area contributed by atoms with Gasteiger partial charge < -0.3 is 9.30 Å². The Morgan fingerprint density at radius 2 is 1.94 bits per heavy atom. The van der Waals surface area contributed by atoms with Crippen molar-refractivity contribution in [2.45, 2.75) is 36.1 Å². The highest BCUT2D eigenvalue weighted by molar-refractivity contribution is 7.99. The number of nitrogens with two attached hydrogens (primary N) is 1. The molecule has 0 aliphatic carbocycles. The number of esters is 1. The van der Waals surface area contributed by atoms with E-state index in [9.17, 15) is 18.0 Å². The Balaban J connectivity index is 1.82. The van der Waals surface area contributed by atoms with E-state index in [1.54, 1.807) is 29.3 Å². The topological polar surface area (TPSA) is 121 Å². The predicted octanol–water partition coefficient (Wildman–Crippen LogP) is 2.91. The summed E-state index contributed by atoms with van der Waals surface area (Å²) in [7, 11) is -3.88. The quantitative estimate of drug-likeness (QED) is 0.278. The average Bonchev–Trinajstić information content (AvgIpc) is 3.07. The van der Waals surface area contributed by atoms with Crippen LogP contribution in [-0.2, 0) is 30.9 Å². The lowest BCUT2D eigenvalue weighted by molar-refractivity contribution is -0.143. The molecule has 2 N–H and O–H groups in total. The van der Waals surface area contributed by atoms with E-state index in [1.165, 1.54) is 12.1 Å². The highest BCUT2D eigenvalue weighted by Gasteiger charge is 2.15. The second kappa shape index (κ2) is 10.9. The van der Waals surface area contributed by atoms with Gasteiger partial charge in [-0.15, -0.1) is 11.8 Å². The smallest absolute Gasteiger partial charge is 0.326 e. The van der Waals surface area contributed by atoms with Crippen molar-refractivity contribution in [3.8, 4) is 0 Å². The molecule has 0 atom stereocenters. The zero-order chi connectivity index (χ0) is 23.1. The molecule has 0 bridgehead atoms. The second-order valence-corrected chi connectivity index (χ2v) is 10.5. The number of carbonyl (C=O) groups is 2. The summed E-state index contributed by atoms with van der Waals surface area (Å²) < 4.78 is 30.5. The number of aromatic nitrogens is 1. The summed E-state index contributed by atoms with van der Waals surface area (Å²) >= 11 is 2.79. The molecule has 8 nitrogen and oxygen atoms in total. The van der Waals surface area contributed by atoms with Crippen LogP contribution in [0.1, 0.15) is 19.8 Å². The molecular formula is C21H23N3O5S3. The molecule has 0 saturated carbocycles. The third-order valence-electron chi connectivity index (χ3n) is 4.34. The van der Waals surface area contributed by atoms with E-state index in [1.807, 2.05) is 30.3 Å². The third-order valence-corrected chi connectivity index (χ3v) is 7.39. The van der Waals surface area contributed by atoms with Gasteiger partial charge in [0.1, 0.15) is 6.54 Å². The minimum Gasteiger partial charge on any atom is -0.465 e. The normalized spacial score (nSPS) is 12.2. The molecule has 0 unspecified atom stereocenters. The minimum atomic E-state index is -3.88. The van der Waals surface area contributed by atoms with Crippen LogP contribution in [0.5, 0.6) is 0 Å². The molecule has 0 saturated heterocycles. The molecule has 0 spiro atoms. The van der Waals surface area contributed by atoms with Crippen molar-refractivity contribution in [3.63, 3.8) is 0 Å². The van der Waals surface area contributed by atoms with Crippen LogP contribution in [0.3, 0.4) is 0 Å². The molecule has 1 amide bonds. The largest absolute Gasteiger partial charge is 0.465 e. The van der Waals surface area contributed by atoms with Gasteiger partial charge in [0.15, 0.2) is 4.80 Å². The van der Waals surface area contributed by atoms with Crippen LogP contribution in [0.25, 0.3) is 10.2 Å². The highest BCUT2D eigenvalue weighted by Crippen LogP contribution is 2.22. The molecule has 0 radical (unpaired) electrons. The Hall–Kier alpha value is -2.47. The van der Waals surface area contributed by atoms with Crippen LogP contribution < -0.4 is 9.94 Å². The van der Waals surface area contributed by atoms with Gasteiger partial charge in [-0.1, -0.05) is 29.5 Å². The van der Waals surface area contributed by atoms with Crippen LogP contribution in [0.2, 0.25) is 0 Å². The summed E-state index contributed by atoms with van der Waals surface area (Å²) in [5, 5.41) is 5.22. The van der Waals surface area contributed by atoms with Crippen molar-refractivity contribution in [2.24, 2.45) is 10.1 Å². The van der Waals surface area contributed by atoms with E-state index < -0.39 is 16.0 Å². The lowest BCUT2D eigenvalue weighted by atomic mass is 10.3. The van der Waals surface area contributed by atoms with Gasteiger partial charge in [0.25, 0.3) is 0 Å². The number of benzene rings is 2. The number of nitrogens with zero attached hydrogens (tertiary/aromatic N) is 2. The molecule has 0 fully saturated rings. The van der Waals surface area contributed by atoms with E-state index in [2.05, 4.69) is 4.99 Å². The minimum absolute atomic E-state index is 0.0506. The summed E-state index contributed by atoms with van der Waals surface area (Å²) in [6.07, 6.45) is 0.913. The lowest BCUT2D eigenvalue weighted by Gasteiger charge is -2.05. The standard InChI is InChI=1S/C21H23N3O5S3/c1-2-29-20(26)14-24-17-11-10-16(32(22,27)28)13-18(17)31-21(24)23-19(25)9-6-12-30-15-7-4-3-5-8-15/h3-5,7-8,10-11,13H,2,6,9,12,14H2,1H3,(H2,22,27,28). The van der Waals surface area contributed by atoms with Crippen molar-refractivity contribution < 1.29 is 22.7 Å². The van der Waals surface area contributed by atoms with Crippen molar-refractivity contribution in [1.82, 2.24) is 4.57 Å². The van der Waals surface area contributed by atoms with E-state index >= 15 is 0 Å². The van der Waals surface area contributed by atoms with Crippen molar-refractivity contribution in [2.75, 3.05) is 12.4 Å². The van der Waals surface area contributed by atoms with Gasteiger partial charge in [-0.2, -0.15) is 4.99 Å². The fourth-order valence-corrected chi connectivity index (χ4v) is 5.47. The number of ether oxygens (including phenoxy) is 1. The van der Waals surface area contributed by atoms with Gasteiger partial charge in [-0.25, -0.2) is 13.6 Å². The fraction of sp³-hybridized carbons (Fsp3) is 0.286. The van der Waals surface area contributed by atoms with Gasteiger partial charge in [0.05, 0.1) is 21.7 Å². The van der Waals surface area contributed by atoms with E-state index in [4.69, 9.17) is 9.88 Å². The summed E-state index contributed by atoms with van der Waals surface area (Å²) in [5.41, 5.74) is 0.571. The third kappa shape index (κ3) is 6.52. The van der Waals surface area contributed by atoms with Crippen LogP contribution in [0, 0.1) is 0 Å². The van der Waals surface area contributed by atoms with E-state index in [-0.39, 0.29) is 30.4 Å². The zero-order valence-corrected chi connectivity index (χ0v) is 19.8. The maximum Gasteiger partial charge on any atom is 0.326 e. The van der Waals surface area contributed by atoms with Crippen LogP contribution in [0.4, 0.5) is 0 Å². The summed E-state index contributed by atoms with van der Waals surface area (Å²) in [6, 6.07) is 14.2. The number of carbonyl (C=O) groups excluding carboxylic acids is 2. The first kappa shape index (κ1) is 24.2. The SMILES string of the molecule is CCOC(=O)Cn1c(=NC(=O)CCCSc2ccccc2)sc2cc(S(N)(=O)=O)ccc21. The Kier molecular flexibility index (Phi) is 8.24. The number of primary sulfonamides is 1. The molecule has 2 aromatic carbocycles. The van der Waals surface area contributed by atoms with Crippen molar-refractivity contribution in [1.29, 1.82) is 0 Å². The Morgan fingerprint density at radius 1 is 1.19 bits per heavy atom. The van der Waals surface area contributed by atoms with Crippen molar-refractivity contribution in [3.05, 3.63) is 53.3 Å². The fourth-order valence-electron chi connectivity index (χ4n) is 2.90. The number of thiazole rings is 1. The zero-order valence-electron chi connectivity index (χ0n) is 17.4. The van der Waals surface area contributed by atoms with Crippen LogP contribution in [-0.4, -0.2) is 37.2 Å². The highest BCUT2D eigenvalue weighted by atomic mass is 32.2. The predicted molar refractivity (Wildman–Crippen MR) is 125 cm³/mol. The molecule has 1 aromatic heterocycles. The molecule has 1 heterocycles. The Morgan fingerprint density at radius 3 is 2.62 bits per heavy atom. The molecule has 0 aliphatic heterocycles. The first-order valence-corrected chi connectivity index (χ1v) is 13.2. The monoisotopic (exact) mass is 493 g/mol. The van der Waals surface area contributed by atoms with E-state index in [0.29, 0.717) is 21.4 Å². The molecule has 11 heteroatoms. The molecular weight excluding hydrogens is 470 g/mol. The Labute approximate surface area is 194 Å². The molecule has 3 rings (SSSR count). The number of hydrogen-bond acceptors (Lipinski definition) is 7. The first-order valence-electron chi connectivity index (χ1n) is 9.85. The average molecular weight is 494 g/mol. The maximum absolute atomic E-state index is 12.5. The van der Waals surface area contributed by atoms with Crippen LogP contribution >= 0.6 is 23.1 Å². The molecule has 170 valence electrons. The molecule has 0 aliphatic rings.